The zero-order valence-electron chi connectivity index (χ0n) is 21.4. The molecule has 0 heterocycles. The fourth-order valence-corrected chi connectivity index (χ4v) is 4.88. The van der Waals surface area contributed by atoms with Gasteiger partial charge < -0.3 is 10.2 Å². The highest BCUT2D eigenvalue weighted by Crippen LogP contribution is 2.22. The van der Waals surface area contributed by atoms with Crippen molar-refractivity contribution in [2.75, 3.05) is 0 Å². The fourth-order valence-electron chi connectivity index (χ4n) is 4.66. The smallest absolute Gasteiger partial charge is 0.243 e. The highest BCUT2D eigenvalue weighted by Gasteiger charge is 2.30. The highest BCUT2D eigenvalue weighted by atomic mass is 35.5. The summed E-state index contributed by atoms with van der Waals surface area (Å²) in [5.41, 5.74) is 3.02. The number of hydrogen-bond donors (Lipinski definition) is 1. The molecule has 0 radical (unpaired) electrons. The van der Waals surface area contributed by atoms with E-state index in [0.717, 1.165) is 27.5 Å². The molecule has 4 nitrogen and oxygen atoms in total. The van der Waals surface area contributed by atoms with Crippen molar-refractivity contribution < 1.29 is 9.59 Å². The van der Waals surface area contributed by atoms with Crippen molar-refractivity contribution in [1.29, 1.82) is 0 Å². The molecule has 0 unspecified atom stereocenters. The van der Waals surface area contributed by atoms with E-state index in [1.807, 2.05) is 86.6 Å². The molecular weight excluding hydrogens is 480 g/mol. The van der Waals surface area contributed by atoms with E-state index in [1.54, 1.807) is 4.90 Å². The molecule has 4 rings (SSSR count). The summed E-state index contributed by atoms with van der Waals surface area (Å²) in [7, 11) is 0. The second-order valence-corrected chi connectivity index (χ2v) is 10.1. The average Bonchev–Trinajstić information content (AvgIpc) is 2.89. The molecule has 2 amide bonds. The number of carbonyl (C=O) groups excluding carboxylic acids is 2. The van der Waals surface area contributed by atoms with E-state index < -0.39 is 6.04 Å². The second-order valence-electron chi connectivity index (χ2n) is 9.66. The first-order valence-corrected chi connectivity index (χ1v) is 13.1. The number of amides is 2. The third-order valence-electron chi connectivity index (χ3n) is 6.43. The first-order chi connectivity index (χ1) is 17.9. The largest absolute Gasteiger partial charge is 0.352 e. The third-order valence-corrected chi connectivity index (χ3v) is 6.67. The minimum Gasteiger partial charge on any atom is -0.352 e. The van der Waals surface area contributed by atoms with Crippen molar-refractivity contribution in [2.45, 2.75) is 51.7 Å². The van der Waals surface area contributed by atoms with Crippen molar-refractivity contribution in [3.05, 3.63) is 119 Å². The lowest BCUT2D eigenvalue weighted by Crippen LogP contribution is -2.51. The van der Waals surface area contributed by atoms with E-state index >= 15 is 0 Å². The van der Waals surface area contributed by atoms with Crippen LogP contribution in [0.5, 0.6) is 0 Å². The van der Waals surface area contributed by atoms with Gasteiger partial charge in [0.1, 0.15) is 6.04 Å². The predicted molar refractivity (Wildman–Crippen MR) is 151 cm³/mol. The van der Waals surface area contributed by atoms with Crippen LogP contribution in [0.4, 0.5) is 0 Å². The van der Waals surface area contributed by atoms with E-state index in [-0.39, 0.29) is 17.9 Å². The Morgan fingerprint density at radius 1 is 0.838 bits per heavy atom. The van der Waals surface area contributed by atoms with Gasteiger partial charge in [-0.25, -0.2) is 0 Å². The van der Waals surface area contributed by atoms with Crippen LogP contribution >= 0.6 is 11.6 Å². The van der Waals surface area contributed by atoms with Gasteiger partial charge in [0, 0.05) is 30.5 Å². The van der Waals surface area contributed by atoms with E-state index in [9.17, 15) is 9.59 Å². The molecule has 0 saturated carbocycles. The molecule has 4 aromatic rings. The van der Waals surface area contributed by atoms with Gasteiger partial charge in [0.05, 0.1) is 0 Å². The normalized spacial score (nSPS) is 11.9. The van der Waals surface area contributed by atoms with Crippen LogP contribution in [0.25, 0.3) is 10.8 Å². The van der Waals surface area contributed by atoms with Crippen LogP contribution in [0.1, 0.15) is 37.0 Å². The summed E-state index contributed by atoms with van der Waals surface area (Å²) in [5, 5.41) is 5.94. The Morgan fingerprint density at radius 2 is 1.51 bits per heavy atom. The number of nitrogens with zero attached hydrogens (tertiary/aromatic N) is 1. The minimum atomic E-state index is -0.649. The highest BCUT2D eigenvalue weighted by molar-refractivity contribution is 6.30. The Labute approximate surface area is 224 Å². The van der Waals surface area contributed by atoms with Crippen LogP contribution in [-0.2, 0) is 29.0 Å². The number of fused-ring (bicyclic) bond motifs is 1. The number of rotatable bonds is 10. The molecular formula is C32H33ClN2O2. The van der Waals surface area contributed by atoms with E-state index in [4.69, 9.17) is 11.6 Å². The Balaban J connectivity index is 1.64. The van der Waals surface area contributed by atoms with Gasteiger partial charge in [-0.3, -0.25) is 9.59 Å². The number of halogens is 1. The topological polar surface area (TPSA) is 49.4 Å². The summed E-state index contributed by atoms with van der Waals surface area (Å²) in [6, 6.07) is 31.0. The Kier molecular flexibility index (Phi) is 8.97. The molecule has 5 heteroatoms. The van der Waals surface area contributed by atoms with E-state index in [0.29, 0.717) is 30.8 Å². The molecule has 0 aromatic heterocycles. The van der Waals surface area contributed by atoms with Crippen LogP contribution in [0, 0.1) is 0 Å². The maximum absolute atomic E-state index is 13.9. The maximum Gasteiger partial charge on any atom is 0.243 e. The summed E-state index contributed by atoms with van der Waals surface area (Å²) < 4.78 is 0. The monoisotopic (exact) mass is 512 g/mol. The molecule has 37 heavy (non-hydrogen) atoms. The molecule has 4 aromatic carbocycles. The number of nitrogens with one attached hydrogen (secondary N) is 1. The van der Waals surface area contributed by atoms with E-state index in [1.165, 1.54) is 0 Å². The lowest BCUT2D eigenvalue weighted by molar-refractivity contribution is -0.141. The molecule has 0 fully saturated rings. The molecule has 0 aliphatic rings. The van der Waals surface area contributed by atoms with Crippen molar-refractivity contribution in [3.63, 3.8) is 0 Å². The van der Waals surface area contributed by atoms with Gasteiger partial charge in [-0.2, -0.15) is 0 Å². The number of benzene rings is 4. The summed E-state index contributed by atoms with van der Waals surface area (Å²) >= 11 is 6.26. The molecule has 0 bridgehead atoms. The summed E-state index contributed by atoms with van der Waals surface area (Å²) in [6.45, 7) is 4.17. The first kappa shape index (κ1) is 26.4. The summed E-state index contributed by atoms with van der Waals surface area (Å²) in [6.07, 6.45) is 1.32. The Bertz CT molecular complexity index is 1350. The average molecular weight is 513 g/mol. The Morgan fingerprint density at radius 3 is 2.27 bits per heavy atom. The fraction of sp³-hybridized carbons (Fsp3) is 0.250. The zero-order chi connectivity index (χ0) is 26.2. The van der Waals surface area contributed by atoms with Gasteiger partial charge >= 0.3 is 0 Å². The summed E-state index contributed by atoms with van der Waals surface area (Å²) in [4.78, 5) is 29.1. The number of carbonyl (C=O) groups is 2. The van der Waals surface area contributed by atoms with Crippen LogP contribution in [0.3, 0.4) is 0 Å². The van der Waals surface area contributed by atoms with Gasteiger partial charge in [-0.1, -0.05) is 96.5 Å². The van der Waals surface area contributed by atoms with Gasteiger partial charge in [0.2, 0.25) is 11.8 Å². The minimum absolute atomic E-state index is 0.0374. The summed E-state index contributed by atoms with van der Waals surface area (Å²) in [5.74, 6) is -0.216. The SMILES string of the molecule is CC(C)NC(=O)[C@H](Cc1ccccc1)N(Cc1cccc(Cl)c1)C(=O)CCc1cccc2ccccc12. The Hall–Kier alpha value is -3.63. The van der Waals surface area contributed by atoms with Crippen LogP contribution in [-0.4, -0.2) is 28.8 Å². The van der Waals surface area contributed by atoms with Crippen molar-refractivity contribution in [1.82, 2.24) is 10.2 Å². The van der Waals surface area contributed by atoms with Gasteiger partial charge in [0.25, 0.3) is 0 Å². The molecule has 190 valence electrons. The lowest BCUT2D eigenvalue weighted by atomic mass is 9.99. The predicted octanol–water partition coefficient (Wildman–Crippen LogP) is 6.59. The van der Waals surface area contributed by atoms with Crippen molar-refractivity contribution in [3.8, 4) is 0 Å². The second kappa shape index (κ2) is 12.6. The molecule has 0 aliphatic carbocycles. The standard InChI is InChI=1S/C32H33ClN2O2/c1-23(2)34-32(37)30(21-24-10-4-3-5-11-24)35(22-25-12-8-16-28(33)20-25)31(36)19-18-27-15-9-14-26-13-6-7-17-29(26)27/h3-17,20,23,30H,18-19,21-22H2,1-2H3,(H,34,37)/t30-/m0/s1. The molecule has 0 aliphatic heterocycles. The molecule has 0 saturated heterocycles. The first-order valence-electron chi connectivity index (χ1n) is 12.8. The molecule has 1 atom stereocenters. The van der Waals surface area contributed by atoms with Gasteiger partial charge in [-0.15, -0.1) is 0 Å². The number of aryl methyl sites for hydroxylation is 1. The van der Waals surface area contributed by atoms with E-state index in [2.05, 4.69) is 29.6 Å². The van der Waals surface area contributed by atoms with Crippen LogP contribution in [0.2, 0.25) is 5.02 Å². The quantitative estimate of drug-likeness (QED) is 0.260. The maximum atomic E-state index is 13.9. The van der Waals surface area contributed by atoms with Gasteiger partial charge in [-0.05, 0) is 59.9 Å². The third kappa shape index (κ3) is 7.21. The molecule has 1 N–H and O–H groups in total. The van der Waals surface area contributed by atoms with Crippen LogP contribution < -0.4 is 5.32 Å². The van der Waals surface area contributed by atoms with Gasteiger partial charge in [0.15, 0.2) is 0 Å². The lowest BCUT2D eigenvalue weighted by Gasteiger charge is -2.32. The van der Waals surface area contributed by atoms with Crippen molar-refractivity contribution >= 4 is 34.2 Å². The van der Waals surface area contributed by atoms with Crippen molar-refractivity contribution in [2.24, 2.45) is 0 Å². The molecule has 0 spiro atoms. The number of hydrogen-bond acceptors (Lipinski definition) is 2. The van der Waals surface area contributed by atoms with Crippen LogP contribution in [0.15, 0.2) is 97.1 Å². The zero-order valence-corrected chi connectivity index (χ0v) is 22.1.